The molecule has 19 heavy (non-hydrogen) atoms. The smallest absolute Gasteiger partial charge is 0.234 e. The van der Waals surface area contributed by atoms with Gasteiger partial charge in [0.2, 0.25) is 5.91 Å². The Morgan fingerprint density at radius 2 is 2.05 bits per heavy atom. The van der Waals surface area contributed by atoms with Crippen LogP contribution in [0, 0.1) is 11.6 Å². The number of hydrogen-bond donors (Lipinski definition) is 2. The van der Waals surface area contributed by atoms with E-state index >= 15 is 0 Å². The lowest BCUT2D eigenvalue weighted by Gasteiger charge is -2.13. The molecule has 0 saturated heterocycles. The Morgan fingerprint density at radius 3 is 2.68 bits per heavy atom. The van der Waals surface area contributed by atoms with Crippen LogP contribution in [0.5, 0.6) is 0 Å². The maximum Gasteiger partial charge on any atom is 0.234 e. The molecule has 0 aliphatic carbocycles. The van der Waals surface area contributed by atoms with Gasteiger partial charge in [-0.15, -0.1) is 0 Å². The van der Waals surface area contributed by atoms with Crippen molar-refractivity contribution in [3.63, 3.8) is 0 Å². The second kappa shape index (κ2) is 7.84. The first-order valence-corrected chi connectivity index (χ1v) is 6.47. The predicted molar refractivity (Wildman–Crippen MR) is 70.6 cm³/mol. The van der Waals surface area contributed by atoms with Crippen LogP contribution >= 0.6 is 0 Å². The zero-order valence-electron chi connectivity index (χ0n) is 11.3. The topological polar surface area (TPSA) is 41.1 Å². The lowest BCUT2D eigenvalue weighted by Crippen LogP contribution is -2.38. The van der Waals surface area contributed by atoms with E-state index in [4.69, 9.17) is 0 Å². The van der Waals surface area contributed by atoms with Crippen LogP contribution in [0.15, 0.2) is 18.2 Å². The van der Waals surface area contributed by atoms with Gasteiger partial charge in [-0.3, -0.25) is 4.79 Å². The molecule has 0 bridgehead atoms. The highest BCUT2D eigenvalue weighted by Gasteiger charge is 2.06. The Bertz CT molecular complexity index is 424. The molecule has 5 heteroatoms. The van der Waals surface area contributed by atoms with Crippen LogP contribution < -0.4 is 10.6 Å². The fourth-order valence-corrected chi connectivity index (χ4v) is 1.80. The quantitative estimate of drug-likeness (QED) is 0.798. The Labute approximate surface area is 112 Å². The first-order valence-electron chi connectivity index (χ1n) is 6.47. The molecular weight excluding hydrogens is 250 g/mol. The normalized spacial score (nSPS) is 12.2. The monoisotopic (exact) mass is 270 g/mol. The fourth-order valence-electron chi connectivity index (χ4n) is 1.80. The average molecular weight is 270 g/mol. The SMILES string of the molecule is CCCC(C)NC(=O)CNCc1ccc(F)c(F)c1. The summed E-state index contributed by atoms with van der Waals surface area (Å²) in [6, 6.07) is 3.85. The second-order valence-corrected chi connectivity index (χ2v) is 4.61. The van der Waals surface area contributed by atoms with Gasteiger partial charge < -0.3 is 10.6 Å². The van der Waals surface area contributed by atoms with Crippen LogP contribution in [0.4, 0.5) is 8.78 Å². The van der Waals surface area contributed by atoms with Crippen LogP contribution in [-0.4, -0.2) is 18.5 Å². The van der Waals surface area contributed by atoms with Gasteiger partial charge in [0, 0.05) is 12.6 Å². The van der Waals surface area contributed by atoms with E-state index < -0.39 is 11.6 Å². The summed E-state index contributed by atoms with van der Waals surface area (Å²) in [4.78, 5) is 11.5. The molecule has 0 radical (unpaired) electrons. The van der Waals surface area contributed by atoms with Gasteiger partial charge in [0.15, 0.2) is 11.6 Å². The maximum absolute atomic E-state index is 12.9. The molecular formula is C14H20F2N2O. The van der Waals surface area contributed by atoms with Crippen molar-refractivity contribution in [2.24, 2.45) is 0 Å². The van der Waals surface area contributed by atoms with Gasteiger partial charge in [0.05, 0.1) is 6.54 Å². The molecule has 0 aliphatic rings. The minimum absolute atomic E-state index is 0.0940. The average Bonchev–Trinajstić information content (AvgIpc) is 2.34. The van der Waals surface area contributed by atoms with Gasteiger partial charge in [-0.1, -0.05) is 19.4 Å². The zero-order valence-corrected chi connectivity index (χ0v) is 11.3. The van der Waals surface area contributed by atoms with Crippen molar-refractivity contribution in [3.8, 4) is 0 Å². The van der Waals surface area contributed by atoms with Crippen molar-refractivity contribution in [3.05, 3.63) is 35.4 Å². The zero-order chi connectivity index (χ0) is 14.3. The third-order valence-corrected chi connectivity index (χ3v) is 2.73. The highest BCUT2D eigenvalue weighted by molar-refractivity contribution is 5.78. The van der Waals surface area contributed by atoms with Gasteiger partial charge >= 0.3 is 0 Å². The van der Waals surface area contributed by atoms with Crippen LogP contribution in [0.1, 0.15) is 32.3 Å². The highest BCUT2D eigenvalue weighted by atomic mass is 19.2. The lowest BCUT2D eigenvalue weighted by atomic mass is 10.2. The van der Waals surface area contributed by atoms with Gasteiger partial charge in [-0.25, -0.2) is 8.78 Å². The van der Waals surface area contributed by atoms with Crippen molar-refractivity contribution >= 4 is 5.91 Å². The molecule has 1 aromatic carbocycles. The first kappa shape index (κ1) is 15.6. The minimum atomic E-state index is -0.875. The van der Waals surface area contributed by atoms with Gasteiger partial charge in [0.25, 0.3) is 0 Å². The van der Waals surface area contributed by atoms with E-state index in [0.29, 0.717) is 12.1 Å². The number of amides is 1. The summed E-state index contributed by atoms with van der Waals surface area (Å²) in [7, 11) is 0. The number of nitrogens with one attached hydrogen (secondary N) is 2. The van der Waals surface area contributed by atoms with Crippen molar-refractivity contribution in [1.29, 1.82) is 0 Å². The van der Waals surface area contributed by atoms with E-state index in [2.05, 4.69) is 17.6 Å². The molecule has 0 saturated carbocycles. The van der Waals surface area contributed by atoms with Gasteiger partial charge in [-0.05, 0) is 31.0 Å². The highest BCUT2D eigenvalue weighted by Crippen LogP contribution is 2.08. The van der Waals surface area contributed by atoms with E-state index in [1.165, 1.54) is 6.07 Å². The number of carbonyl (C=O) groups excluding carboxylic acids is 1. The summed E-state index contributed by atoms with van der Waals surface area (Å²) in [5.74, 6) is -1.83. The summed E-state index contributed by atoms with van der Waals surface area (Å²) in [5, 5.41) is 5.75. The standard InChI is InChI=1S/C14H20F2N2O/c1-3-4-10(2)18-14(19)9-17-8-11-5-6-12(15)13(16)7-11/h5-7,10,17H,3-4,8-9H2,1-2H3,(H,18,19). The molecule has 106 valence electrons. The van der Waals surface area contributed by atoms with Crippen LogP contribution in [0.3, 0.4) is 0 Å². The fraction of sp³-hybridized carbons (Fsp3) is 0.500. The third kappa shape index (κ3) is 5.79. The molecule has 1 aromatic rings. The van der Waals surface area contributed by atoms with E-state index in [-0.39, 0.29) is 18.5 Å². The second-order valence-electron chi connectivity index (χ2n) is 4.61. The van der Waals surface area contributed by atoms with Gasteiger partial charge in [0.1, 0.15) is 0 Å². The Hall–Kier alpha value is -1.49. The van der Waals surface area contributed by atoms with Crippen molar-refractivity contribution in [1.82, 2.24) is 10.6 Å². The van der Waals surface area contributed by atoms with E-state index in [1.54, 1.807) is 0 Å². The summed E-state index contributed by atoms with van der Waals surface area (Å²) in [5.41, 5.74) is 0.605. The minimum Gasteiger partial charge on any atom is -0.353 e. The van der Waals surface area contributed by atoms with Crippen molar-refractivity contribution < 1.29 is 13.6 Å². The summed E-state index contributed by atoms with van der Waals surface area (Å²) in [6.45, 7) is 4.50. The number of benzene rings is 1. The summed E-state index contributed by atoms with van der Waals surface area (Å²) >= 11 is 0. The molecule has 0 heterocycles. The molecule has 1 atom stereocenters. The van der Waals surface area contributed by atoms with Crippen LogP contribution in [-0.2, 0) is 11.3 Å². The Balaban J connectivity index is 2.29. The molecule has 1 rings (SSSR count). The molecule has 0 spiro atoms. The summed E-state index contributed by atoms with van der Waals surface area (Å²) < 4.78 is 25.6. The predicted octanol–water partition coefficient (Wildman–Crippen LogP) is 2.36. The molecule has 0 aromatic heterocycles. The first-order chi connectivity index (χ1) is 9.02. The van der Waals surface area contributed by atoms with E-state index in [1.807, 2.05) is 6.92 Å². The number of rotatable bonds is 7. The number of hydrogen-bond acceptors (Lipinski definition) is 2. The largest absolute Gasteiger partial charge is 0.353 e. The van der Waals surface area contributed by atoms with Crippen LogP contribution in [0.2, 0.25) is 0 Å². The van der Waals surface area contributed by atoms with E-state index in [0.717, 1.165) is 25.0 Å². The van der Waals surface area contributed by atoms with Crippen LogP contribution in [0.25, 0.3) is 0 Å². The number of carbonyl (C=O) groups is 1. The molecule has 1 amide bonds. The maximum atomic E-state index is 12.9. The molecule has 0 fully saturated rings. The molecule has 1 unspecified atom stereocenters. The third-order valence-electron chi connectivity index (χ3n) is 2.73. The Morgan fingerprint density at radius 1 is 1.32 bits per heavy atom. The Kier molecular flexibility index (Phi) is 6.42. The summed E-state index contributed by atoms with van der Waals surface area (Å²) in [6.07, 6.45) is 1.96. The lowest BCUT2D eigenvalue weighted by molar-refractivity contribution is -0.120. The molecule has 0 aliphatic heterocycles. The van der Waals surface area contributed by atoms with Crippen molar-refractivity contribution in [2.45, 2.75) is 39.3 Å². The van der Waals surface area contributed by atoms with E-state index in [9.17, 15) is 13.6 Å². The number of halogens is 2. The van der Waals surface area contributed by atoms with Crippen molar-refractivity contribution in [2.75, 3.05) is 6.54 Å². The molecule has 3 nitrogen and oxygen atoms in total. The van der Waals surface area contributed by atoms with Gasteiger partial charge in [-0.2, -0.15) is 0 Å². The molecule has 2 N–H and O–H groups in total.